The smallest absolute Gasteiger partial charge is 0.407 e. The van der Waals surface area contributed by atoms with E-state index in [1.54, 1.807) is 6.92 Å². The number of Topliss-reactive ketones (excluding diaryl/α,β-unsaturated/α-hetero) is 1. The van der Waals surface area contributed by atoms with Gasteiger partial charge in [0.1, 0.15) is 5.78 Å². The third kappa shape index (κ3) is 3.12. The third-order valence-electron chi connectivity index (χ3n) is 2.78. The average Bonchev–Trinajstić information content (AvgIpc) is 2.64. The predicted octanol–water partition coefficient (Wildman–Crippen LogP) is 1.40. The fourth-order valence-corrected chi connectivity index (χ4v) is 2.18. The van der Waals surface area contributed by atoms with E-state index in [-0.39, 0.29) is 23.0 Å². The molecule has 1 aliphatic carbocycles. The van der Waals surface area contributed by atoms with Crippen molar-refractivity contribution in [3.05, 3.63) is 0 Å². The number of thiol groups is 1. The lowest BCUT2D eigenvalue weighted by Gasteiger charge is -2.20. The summed E-state index contributed by atoms with van der Waals surface area (Å²) in [5.41, 5.74) is 0. The molecule has 1 fully saturated rings. The van der Waals surface area contributed by atoms with E-state index in [0.29, 0.717) is 0 Å². The summed E-state index contributed by atoms with van der Waals surface area (Å²) in [4.78, 5) is 22.8. The van der Waals surface area contributed by atoms with Crippen molar-refractivity contribution >= 4 is 24.5 Å². The Morgan fingerprint density at radius 1 is 1.47 bits per heavy atom. The highest BCUT2D eigenvalue weighted by Crippen LogP contribution is 2.28. The highest BCUT2D eigenvalue weighted by molar-refractivity contribution is 7.81. The van der Waals surface area contributed by atoms with Gasteiger partial charge in [-0.1, -0.05) is 6.42 Å². The van der Waals surface area contributed by atoms with Crippen LogP contribution in [0.25, 0.3) is 0 Å². The molecule has 1 saturated carbocycles. The Morgan fingerprint density at radius 3 is 2.67 bits per heavy atom. The van der Waals surface area contributed by atoms with Gasteiger partial charge in [-0.3, -0.25) is 4.79 Å². The monoisotopic (exact) mass is 231 g/mol. The lowest BCUT2D eigenvalue weighted by Crippen LogP contribution is -2.41. The molecule has 5 heteroatoms. The molecule has 1 aliphatic rings. The summed E-state index contributed by atoms with van der Waals surface area (Å²) >= 11 is 4.13. The molecule has 0 bridgehead atoms. The number of nitrogens with one attached hydrogen (secondary N) is 1. The SMILES string of the molecule is COC(=O)N[C@@H]1CCC[C@H]1C(=O)C(C)S. The van der Waals surface area contributed by atoms with Gasteiger partial charge in [0.2, 0.25) is 0 Å². The molecule has 0 aliphatic heterocycles. The van der Waals surface area contributed by atoms with Crippen LogP contribution in [0.15, 0.2) is 0 Å². The van der Waals surface area contributed by atoms with E-state index in [1.165, 1.54) is 7.11 Å². The van der Waals surface area contributed by atoms with Crippen LogP contribution < -0.4 is 5.32 Å². The van der Waals surface area contributed by atoms with Gasteiger partial charge in [-0.05, 0) is 19.8 Å². The molecule has 15 heavy (non-hydrogen) atoms. The molecular weight excluding hydrogens is 214 g/mol. The van der Waals surface area contributed by atoms with Crippen molar-refractivity contribution in [1.82, 2.24) is 5.32 Å². The second kappa shape index (κ2) is 5.39. The lowest BCUT2D eigenvalue weighted by atomic mass is 9.96. The number of carbonyl (C=O) groups is 2. The Kier molecular flexibility index (Phi) is 4.45. The Bertz CT molecular complexity index is 255. The van der Waals surface area contributed by atoms with Gasteiger partial charge in [-0.2, -0.15) is 12.6 Å². The molecule has 0 aromatic carbocycles. The number of ketones is 1. The van der Waals surface area contributed by atoms with Crippen LogP contribution in [0.3, 0.4) is 0 Å². The number of amides is 1. The highest BCUT2D eigenvalue weighted by Gasteiger charge is 2.35. The summed E-state index contributed by atoms with van der Waals surface area (Å²) in [6, 6.07) is -0.0838. The molecule has 1 amide bonds. The minimum absolute atomic E-state index is 0.0838. The molecule has 0 aromatic rings. The topological polar surface area (TPSA) is 55.4 Å². The van der Waals surface area contributed by atoms with Crippen molar-refractivity contribution in [2.24, 2.45) is 5.92 Å². The second-order valence-corrected chi connectivity index (χ2v) is 4.63. The standard InChI is InChI=1S/C10H17NO3S/c1-6(15)9(12)7-4-3-5-8(7)11-10(13)14-2/h6-8,15H,3-5H2,1-2H3,(H,11,13)/t6?,7-,8-/m1/s1. The van der Waals surface area contributed by atoms with Crippen molar-refractivity contribution in [2.45, 2.75) is 37.5 Å². The predicted molar refractivity (Wildman–Crippen MR) is 60.1 cm³/mol. The maximum atomic E-state index is 11.8. The first-order chi connectivity index (χ1) is 7.06. The Balaban J connectivity index is 2.57. The van der Waals surface area contributed by atoms with Crippen molar-refractivity contribution < 1.29 is 14.3 Å². The lowest BCUT2D eigenvalue weighted by molar-refractivity contribution is -0.122. The van der Waals surface area contributed by atoms with Crippen LogP contribution in [0.5, 0.6) is 0 Å². The molecule has 0 aromatic heterocycles. The maximum Gasteiger partial charge on any atom is 0.407 e. The Labute approximate surface area is 95.2 Å². The zero-order chi connectivity index (χ0) is 11.4. The zero-order valence-corrected chi connectivity index (χ0v) is 9.92. The number of carbonyl (C=O) groups excluding carboxylic acids is 2. The van der Waals surface area contributed by atoms with Crippen LogP contribution >= 0.6 is 12.6 Å². The number of hydrogen-bond acceptors (Lipinski definition) is 4. The van der Waals surface area contributed by atoms with E-state index in [2.05, 4.69) is 22.7 Å². The molecule has 86 valence electrons. The summed E-state index contributed by atoms with van der Waals surface area (Å²) in [6.07, 6.45) is 2.17. The van der Waals surface area contributed by atoms with E-state index < -0.39 is 6.09 Å². The molecule has 0 saturated heterocycles. The molecule has 0 radical (unpaired) electrons. The minimum Gasteiger partial charge on any atom is -0.453 e. The fourth-order valence-electron chi connectivity index (χ4n) is 1.99. The summed E-state index contributed by atoms with van der Waals surface area (Å²) in [5, 5.41) is 2.43. The largest absolute Gasteiger partial charge is 0.453 e. The second-order valence-electron chi connectivity index (χ2n) is 3.86. The Morgan fingerprint density at radius 2 is 2.13 bits per heavy atom. The normalized spacial score (nSPS) is 27.1. The van der Waals surface area contributed by atoms with E-state index in [4.69, 9.17) is 0 Å². The van der Waals surface area contributed by atoms with Crippen LogP contribution in [0.4, 0.5) is 4.79 Å². The number of hydrogen-bond donors (Lipinski definition) is 2. The molecule has 0 heterocycles. The van der Waals surface area contributed by atoms with Gasteiger partial charge < -0.3 is 10.1 Å². The first-order valence-electron chi connectivity index (χ1n) is 5.12. The van der Waals surface area contributed by atoms with Crippen molar-refractivity contribution in [2.75, 3.05) is 7.11 Å². The van der Waals surface area contributed by atoms with E-state index in [0.717, 1.165) is 19.3 Å². The van der Waals surface area contributed by atoms with Crippen LogP contribution in [-0.2, 0) is 9.53 Å². The maximum absolute atomic E-state index is 11.8. The average molecular weight is 231 g/mol. The van der Waals surface area contributed by atoms with Crippen molar-refractivity contribution in [3.63, 3.8) is 0 Å². The molecule has 1 unspecified atom stereocenters. The van der Waals surface area contributed by atoms with Gasteiger partial charge in [0.25, 0.3) is 0 Å². The van der Waals surface area contributed by atoms with Crippen LogP contribution in [0.1, 0.15) is 26.2 Å². The van der Waals surface area contributed by atoms with Crippen LogP contribution in [-0.4, -0.2) is 30.3 Å². The third-order valence-corrected chi connectivity index (χ3v) is 3.04. The van der Waals surface area contributed by atoms with E-state index in [1.807, 2.05) is 0 Å². The summed E-state index contributed by atoms with van der Waals surface area (Å²) in [7, 11) is 1.32. The van der Waals surface area contributed by atoms with Crippen LogP contribution in [0.2, 0.25) is 0 Å². The van der Waals surface area contributed by atoms with Gasteiger partial charge in [-0.25, -0.2) is 4.79 Å². The van der Waals surface area contributed by atoms with Crippen molar-refractivity contribution in [3.8, 4) is 0 Å². The summed E-state index contributed by atoms with van der Waals surface area (Å²) < 4.78 is 4.52. The number of rotatable bonds is 3. The number of ether oxygens (including phenoxy) is 1. The fraction of sp³-hybridized carbons (Fsp3) is 0.800. The van der Waals surface area contributed by atoms with Gasteiger partial charge in [-0.15, -0.1) is 0 Å². The quantitative estimate of drug-likeness (QED) is 0.722. The van der Waals surface area contributed by atoms with Crippen LogP contribution in [0, 0.1) is 5.92 Å². The van der Waals surface area contributed by atoms with Gasteiger partial charge >= 0.3 is 6.09 Å². The molecule has 4 nitrogen and oxygen atoms in total. The van der Waals surface area contributed by atoms with E-state index >= 15 is 0 Å². The highest BCUT2D eigenvalue weighted by atomic mass is 32.1. The number of alkyl carbamates (subject to hydrolysis) is 1. The molecule has 3 atom stereocenters. The molecular formula is C10H17NO3S. The zero-order valence-electron chi connectivity index (χ0n) is 9.03. The summed E-state index contributed by atoms with van der Waals surface area (Å²) in [5.74, 6) is 0.00818. The number of methoxy groups -OCH3 is 1. The van der Waals surface area contributed by atoms with Crippen molar-refractivity contribution in [1.29, 1.82) is 0 Å². The first-order valence-corrected chi connectivity index (χ1v) is 5.64. The Hall–Kier alpha value is -0.710. The molecule has 1 rings (SSSR count). The van der Waals surface area contributed by atoms with E-state index in [9.17, 15) is 9.59 Å². The van der Waals surface area contributed by atoms with Gasteiger partial charge in [0.15, 0.2) is 0 Å². The summed E-state index contributed by atoms with van der Waals surface area (Å²) in [6.45, 7) is 1.76. The minimum atomic E-state index is -0.466. The van der Waals surface area contributed by atoms with Gasteiger partial charge in [0.05, 0.1) is 12.4 Å². The van der Waals surface area contributed by atoms with Gasteiger partial charge in [0, 0.05) is 12.0 Å². The molecule has 1 N–H and O–H groups in total. The molecule has 0 spiro atoms. The first kappa shape index (κ1) is 12.4.